The topological polar surface area (TPSA) is 87.7 Å². The fourth-order valence-corrected chi connectivity index (χ4v) is 3.47. The van der Waals surface area contributed by atoms with E-state index in [-0.39, 0.29) is 11.4 Å². The molecule has 0 radical (unpaired) electrons. The first kappa shape index (κ1) is 21.0. The third-order valence-corrected chi connectivity index (χ3v) is 4.93. The number of ether oxygens (including phenoxy) is 1. The number of hydrogen-bond acceptors (Lipinski definition) is 4. The molecule has 3 aromatic rings. The van der Waals surface area contributed by atoms with Crippen molar-refractivity contribution in [2.24, 2.45) is 0 Å². The molecule has 1 saturated heterocycles. The lowest BCUT2D eigenvalue weighted by atomic mass is 10.0. The Hall–Kier alpha value is -4.20. The van der Waals surface area contributed by atoms with Gasteiger partial charge in [-0.1, -0.05) is 42.5 Å². The van der Waals surface area contributed by atoms with Gasteiger partial charge in [-0.2, -0.15) is 0 Å². The standard InChI is InChI=1S/C24H20FN3O4/c1-2-32-21-12-11-15(16-7-3-4-8-17(16)21)13-20-23(30)28(24(31)27-20)14-22(29)26-19-10-6-5-9-18(19)25/h3-13H,2,14H2,1H3,(H,26,29)(H,27,31)/b20-13+. The van der Waals surface area contributed by atoms with Gasteiger partial charge >= 0.3 is 6.03 Å². The molecule has 2 N–H and O–H groups in total. The summed E-state index contributed by atoms with van der Waals surface area (Å²) in [6.07, 6.45) is 1.56. The Morgan fingerprint density at radius 2 is 1.78 bits per heavy atom. The average Bonchev–Trinajstić information content (AvgIpc) is 3.04. The predicted molar refractivity (Wildman–Crippen MR) is 118 cm³/mol. The van der Waals surface area contributed by atoms with Crippen molar-refractivity contribution in [1.29, 1.82) is 0 Å². The fourth-order valence-electron chi connectivity index (χ4n) is 3.47. The molecule has 0 saturated carbocycles. The Morgan fingerprint density at radius 3 is 2.53 bits per heavy atom. The van der Waals surface area contributed by atoms with Crippen LogP contribution in [0.1, 0.15) is 12.5 Å². The van der Waals surface area contributed by atoms with Crippen molar-refractivity contribution < 1.29 is 23.5 Å². The van der Waals surface area contributed by atoms with E-state index < -0.39 is 30.2 Å². The summed E-state index contributed by atoms with van der Waals surface area (Å²) in [5, 5.41) is 6.59. The highest BCUT2D eigenvalue weighted by molar-refractivity contribution is 6.16. The van der Waals surface area contributed by atoms with Crippen molar-refractivity contribution in [3.63, 3.8) is 0 Å². The van der Waals surface area contributed by atoms with E-state index in [1.807, 2.05) is 31.2 Å². The van der Waals surface area contributed by atoms with Gasteiger partial charge in [0.15, 0.2) is 0 Å². The number of nitrogens with zero attached hydrogens (tertiary/aromatic N) is 1. The minimum atomic E-state index is -0.722. The molecule has 1 fully saturated rings. The molecular weight excluding hydrogens is 413 g/mol. The van der Waals surface area contributed by atoms with E-state index in [1.165, 1.54) is 18.2 Å². The number of imide groups is 1. The van der Waals surface area contributed by atoms with E-state index in [4.69, 9.17) is 4.74 Å². The van der Waals surface area contributed by atoms with Crippen LogP contribution in [0.4, 0.5) is 14.9 Å². The average molecular weight is 433 g/mol. The van der Waals surface area contributed by atoms with Crippen molar-refractivity contribution >= 4 is 40.4 Å². The maximum absolute atomic E-state index is 13.7. The van der Waals surface area contributed by atoms with Crippen LogP contribution in [0.25, 0.3) is 16.8 Å². The van der Waals surface area contributed by atoms with Crippen molar-refractivity contribution in [3.05, 3.63) is 77.7 Å². The van der Waals surface area contributed by atoms with Crippen molar-refractivity contribution in [3.8, 4) is 5.75 Å². The first-order valence-corrected chi connectivity index (χ1v) is 10.0. The molecule has 3 aromatic carbocycles. The summed E-state index contributed by atoms with van der Waals surface area (Å²) >= 11 is 0. The van der Waals surface area contributed by atoms with Gasteiger partial charge in [-0.15, -0.1) is 0 Å². The minimum absolute atomic E-state index is 0.0267. The molecule has 1 aliphatic heterocycles. The molecule has 4 amide bonds. The third-order valence-electron chi connectivity index (χ3n) is 4.93. The molecule has 1 heterocycles. The van der Waals surface area contributed by atoms with Crippen LogP contribution in [-0.4, -0.2) is 35.9 Å². The Bertz CT molecular complexity index is 1250. The Morgan fingerprint density at radius 1 is 1.06 bits per heavy atom. The first-order valence-electron chi connectivity index (χ1n) is 10.0. The van der Waals surface area contributed by atoms with Crippen LogP contribution in [-0.2, 0) is 9.59 Å². The number of anilines is 1. The van der Waals surface area contributed by atoms with Crippen LogP contribution in [0.2, 0.25) is 0 Å². The molecule has 4 rings (SSSR count). The van der Waals surface area contributed by atoms with E-state index in [2.05, 4.69) is 10.6 Å². The van der Waals surface area contributed by atoms with Crippen molar-refractivity contribution in [2.75, 3.05) is 18.5 Å². The highest BCUT2D eigenvalue weighted by atomic mass is 19.1. The number of halogens is 1. The maximum atomic E-state index is 13.7. The molecule has 0 bridgehead atoms. The summed E-state index contributed by atoms with van der Waals surface area (Å²) in [4.78, 5) is 38.1. The number of nitrogens with one attached hydrogen (secondary N) is 2. The van der Waals surface area contributed by atoms with Crippen molar-refractivity contribution in [2.45, 2.75) is 6.92 Å². The van der Waals surface area contributed by atoms with Gasteiger partial charge in [0.05, 0.1) is 12.3 Å². The van der Waals surface area contributed by atoms with Crippen LogP contribution < -0.4 is 15.4 Å². The SMILES string of the molecule is CCOc1ccc(/C=C2/NC(=O)N(CC(=O)Nc3ccccc3F)C2=O)c2ccccc12. The lowest BCUT2D eigenvalue weighted by molar-refractivity contribution is -0.127. The molecule has 162 valence electrons. The lowest BCUT2D eigenvalue weighted by Crippen LogP contribution is -2.38. The summed E-state index contributed by atoms with van der Waals surface area (Å²) in [5.41, 5.74) is 0.731. The smallest absolute Gasteiger partial charge is 0.329 e. The number of hydrogen-bond donors (Lipinski definition) is 2. The number of amides is 4. The molecule has 0 aromatic heterocycles. The summed E-state index contributed by atoms with van der Waals surface area (Å²) in [6.45, 7) is 1.87. The number of carbonyl (C=O) groups is 3. The summed E-state index contributed by atoms with van der Waals surface area (Å²) in [5.74, 6) is -1.22. The Labute approximate surface area is 183 Å². The molecule has 0 atom stereocenters. The fraction of sp³-hybridized carbons (Fsp3) is 0.125. The zero-order chi connectivity index (χ0) is 22.7. The third kappa shape index (κ3) is 4.15. The van der Waals surface area contributed by atoms with Crippen LogP contribution in [0.15, 0.2) is 66.4 Å². The van der Waals surface area contributed by atoms with E-state index in [0.29, 0.717) is 12.2 Å². The van der Waals surface area contributed by atoms with Crippen LogP contribution in [0, 0.1) is 5.82 Å². The maximum Gasteiger partial charge on any atom is 0.329 e. The Balaban J connectivity index is 1.56. The van der Waals surface area contributed by atoms with Crippen LogP contribution in [0.3, 0.4) is 0 Å². The van der Waals surface area contributed by atoms with E-state index >= 15 is 0 Å². The van der Waals surface area contributed by atoms with Gasteiger partial charge in [-0.3, -0.25) is 9.59 Å². The Kier molecular flexibility index (Phi) is 5.85. The normalized spacial score (nSPS) is 14.7. The van der Waals surface area contributed by atoms with Gasteiger partial charge in [-0.05, 0) is 42.1 Å². The molecule has 1 aliphatic rings. The first-order chi connectivity index (χ1) is 15.5. The minimum Gasteiger partial charge on any atom is -0.493 e. The van der Waals surface area contributed by atoms with Crippen LogP contribution >= 0.6 is 0 Å². The second kappa shape index (κ2) is 8.89. The molecule has 0 aliphatic carbocycles. The number of benzene rings is 3. The molecule has 7 nitrogen and oxygen atoms in total. The molecule has 0 unspecified atom stereocenters. The predicted octanol–water partition coefficient (Wildman–Crippen LogP) is 3.91. The number of carbonyl (C=O) groups excluding carboxylic acids is 3. The van der Waals surface area contributed by atoms with E-state index in [9.17, 15) is 18.8 Å². The van der Waals surface area contributed by atoms with E-state index in [0.717, 1.165) is 21.4 Å². The van der Waals surface area contributed by atoms with E-state index in [1.54, 1.807) is 24.3 Å². The molecule has 0 spiro atoms. The second-order valence-corrected chi connectivity index (χ2v) is 7.04. The largest absolute Gasteiger partial charge is 0.493 e. The number of urea groups is 1. The number of rotatable bonds is 6. The van der Waals surface area contributed by atoms with Gasteiger partial charge in [0.25, 0.3) is 5.91 Å². The molecule has 32 heavy (non-hydrogen) atoms. The van der Waals surface area contributed by atoms with Crippen molar-refractivity contribution in [1.82, 2.24) is 10.2 Å². The number of para-hydroxylation sites is 1. The molecular formula is C24H20FN3O4. The van der Waals surface area contributed by atoms with Gasteiger partial charge in [0.1, 0.15) is 23.8 Å². The van der Waals surface area contributed by atoms with Gasteiger partial charge < -0.3 is 15.4 Å². The summed E-state index contributed by atoms with van der Waals surface area (Å²) in [6, 6.07) is 16.1. The lowest BCUT2D eigenvalue weighted by Gasteiger charge is -2.12. The second-order valence-electron chi connectivity index (χ2n) is 7.04. The summed E-state index contributed by atoms with van der Waals surface area (Å²) < 4.78 is 19.4. The quantitative estimate of drug-likeness (QED) is 0.456. The zero-order valence-electron chi connectivity index (χ0n) is 17.2. The number of fused-ring (bicyclic) bond motifs is 1. The molecule has 8 heteroatoms. The van der Waals surface area contributed by atoms with Gasteiger partial charge in [-0.25, -0.2) is 14.1 Å². The summed E-state index contributed by atoms with van der Waals surface area (Å²) in [7, 11) is 0. The monoisotopic (exact) mass is 433 g/mol. The highest BCUT2D eigenvalue weighted by Crippen LogP contribution is 2.30. The highest BCUT2D eigenvalue weighted by Gasteiger charge is 2.35. The zero-order valence-corrected chi connectivity index (χ0v) is 17.2. The van der Waals surface area contributed by atoms with Gasteiger partial charge in [0.2, 0.25) is 5.91 Å². The van der Waals surface area contributed by atoms with Gasteiger partial charge in [0, 0.05) is 5.39 Å². The van der Waals surface area contributed by atoms with Crippen LogP contribution in [0.5, 0.6) is 5.75 Å².